The Hall–Kier alpha value is -0.940. The number of carbonyl (C=O) groups excluding carboxylic acids is 1. The number of amides is 1. The lowest BCUT2D eigenvalue weighted by molar-refractivity contribution is -0.129. The molecule has 16 heavy (non-hydrogen) atoms. The number of thiocarbonyl (C=S) groups is 1. The Morgan fingerprint density at radius 1 is 1.50 bits per heavy atom. The van der Waals surface area contributed by atoms with Crippen LogP contribution in [0.1, 0.15) is 12.0 Å². The summed E-state index contributed by atoms with van der Waals surface area (Å²) in [5.74, 6) is -0.0664. The van der Waals surface area contributed by atoms with E-state index >= 15 is 0 Å². The highest BCUT2D eigenvalue weighted by molar-refractivity contribution is 9.10. The first-order chi connectivity index (χ1) is 7.50. The van der Waals surface area contributed by atoms with Gasteiger partial charge in [-0.3, -0.25) is 4.79 Å². The molecule has 5 heteroatoms. The number of nitrogens with two attached hydrogens (primary N) is 1. The van der Waals surface area contributed by atoms with E-state index in [0.29, 0.717) is 6.54 Å². The van der Waals surface area contributed by atoms with E-state index in [0.717, 1.165) is 10.0 Å². The number of nitrogens with zero attached hydrogens (tertiary/aromatic N) is 1. The van der Waals surface area contributed by atoms with Crippen LogP contribution in [-0.2, 0) is 11.3 Å². The van der Waals surface area contributed by atoms with E-state index in [1.807, 2.05) is 24.3 Å². The molecule has 86 valence electrons. The molecule has 0 heterocycles. The minimum absolute atomic E-state index is 0.0664. The van der Waals surface area contributed by atoms with Gasteiger partial charge >= 0.3 is 0 Å². The highest BCUT2D eigenvalue weighted by Crippen LogP contribution is 2.17. The smallest absolute Gasteiger partial charge is 0.229 e. The van der Waals surface area contributed by atoms with Crippen LogP contribution in [0, 0.1) is 0 Å². The lowest BCUT2D eigenvalue weighted by Crippen LogP contribution is -2.29. The number of benzene rings is 1. The van der Waals surface area contributed by atoms with E-state index in [1.165, 1.54) is 0 Å². The van der Waals surface area contributed by atoms with Crippen molar-refractivity contribution in [2.45, 2.75) is 13.0 Å². The third-order valence-corrected chi connectivity index (χ3v) is 3.03. The maximum Gasteiger partial charge on any atom is 0.229 e. The summed E-state index contributed by atoms with van der Waals surface area (Å²) in [6.45, 7) is 0.545. The first-order valence-corrected chi connectivity index (χ1v) is 5.96. The van der Waals surface area contributed by atoms with Crippen molar-refractivity contribution in [2.75, 3.05) is 7.05 Å². The number of hydrogen-bond acceptors (Lipinski definition) is 2. The standard InChI is InChI=1S/C11H13BrN2OS/c1-14(11(15)6-10(13)16)7-8-4-2-3-5-9(8)12/h2-5H,6-7H2,1H3,(H2,13,16). The second-order valence-electron chi connectivity index (χ2n) is 3.48. The van der Waals surface area contributed by atoms with Crippen LogP contribution < -0.4 is 5.73 Å². The molecule has 0 fully saturated rings. The van der Waals surface area contributed by atoms with Gasteiger partial charge in [0.2, 0.25) is 5.91 Å². The second-order valence-corrected chi connectivity index (χ2v) is 4.86. The largest absolute Gasteiger partial charge is 0.393 e. The van der Waals surface area contributed by atoms with Gasteiger partial charge in [-0.15, -0.1) is 0 Å². The van der Waals surface area contributed by atoms with Crippen molar-refractivity contribution in [1.82, 2.24) is 4.90 Å². The second kappa shape index (κ2) is 5.96. The average Bonchev–Trinajstić information content (AvgIpc) is 2.20. The van der Waals surface area contributed by atoms with Crippen LogP contribution in [0.15, 0.2) is 28.7 Å². The number of hydrogen-bond donors (Lipinski definition) is 1. The zero-order chi connectivity index (χ0) is 12.1. The Morgan fingerprint density at radius 3 is 2.69 bits per heavy atom. The summed E-state index contributed by atoms with van der Waals surface area (Å²) in [7, 11) is 1.74. The van der Waals surface area contributed by atoms with Gasteiger partial charge in [0.15, 0.2) is 0 Å². The van der Waals surface area contributed by atoms with E-state index in [2.05, 4.69) is 15.9 Å². The Kier molecular flexibility index (Phi) is 4.89. The maximum absolute atomic E-state index is 11.6. The third-order valence-electron chi connectivity index (χ3n) is 2.12. The van der Waals surface area contributed by atoms with Crippen LogP contribution in [0.4, 0.5) is 0 Å². The lowest BCUT2D eigenvalue weighted by atomic mass is 10.2. The minimum Gasteiger partial charge on any atom is -0.393 e. The summed E-state index contributed by atoms with van der Waals surface area (Å²) < 4.78 is 0.991. The van der Waals surface area contributed by atoms with Gasteiger partial charge in [0.05, 0.1) is 11.4 Å². The molecule has 1 aromatic carbocycles. The van der Waals surface area contributed by atoms with Crippen molar-refractivity contribution >= 4 is 39.0 Å². The summed E-state index contributed by atoms with van der Waals surface area (Å²) in [5.41, 5.74) is 6.39. The summed E-state index contributed by atoms with van der Waals surface area (Å²) >= 11 is 8.14. The molecule has 0 aromatic heterocycles. The van der Waals surface area contributed by atoms with E-state index in [1.54, 1.807) is 11.9 Å². The van der Waals surface area contributed by atoms with Crippen LogP contribution in [-0.4, -0.2) is 22.8 Å². The molecule has 0 aliphatic heterocycles. The molecule has 0 aliphatic carbocycles. The fourth-order valence-electron chi connectivity index (χ4n) is 1.25. The van der Waals surface area contributed by atoms with Gasteiger partial charge in [0, 0.05) is 18.1 Å². The van der Waals surface area contributed by atoms with Gasteiger partial charge in [-0.1, -0.05) is 46.3 Å². The summed E-state index contributed by atoms with van der Waals surface area (Å²) in [5, 5.41) is 0. The van der Waals surface area contributed by atoms with Crippen LogP contribution in [0.3, 0.4) is 0 Å². The Bertz CT molecular complexity index is 409. The van der Waals surface area contributed by atoms with E-state index in [9.17, 15) is 4.79 Å². The number of rotatable bonds is 4. The molecule has 0 radical (unpaired) electrons. The molecule has 2 N–H and O–H groups in total. The molecule has 0 atom stereocenters. The van der Waals surface area contributed by atoms with E-state index in [-0.39, 0.29) is 17.3 Å². The predicted octanol–water partition coefficient (Wildman–Crippen LogP) is 2.08. The first-order valence-electron chi connectivity index (χ1n) is 4.76. The fourth-order valence-corrected chi connectivity index (χ4v) is 1.79. The highest BCUT2D eigenvalue weighted by Gasteiger charge is 2.11. The van der Waals surface area contributed by atoms with E-state index < -0.39 is 0 Å². The van der Waals surface area contributed by atoms with Crippen LogP contribution in [0.5, 0.6) is 0 Å². The Morgan fingerprint density at radius 2 is 2.12 bits per heavy atom. The molecular weight excluding hydrogens is 288 g/mol. The molecule has 0 aliphatic rings. The lowest BCUT2D eigenvalue weighted by Gasteiger charge is -2.17. The molecular formula is C11H13BrN2OS. The SMILES string of the molecule is CN(Cc1ccccc1Br)C(=O)CC(N)=S. The van der Waals surface area contributed by atoms with Crippen molar-refractivity contribution in [2.24, 2.45) is 5.73 Å². The predicted molar refractivity (Wildman–Crippen MR) is 72.0 cm³/mol. The van der Waals surface area contributed by atoms with Gasteiger partial charge in [-0.25, -0.2) is 0 Å². The first kappa shape index (κ1) is 13.1. The molecule has 0 unspecified atom stereocenters. The molecule has 0 saturated carbocycles. The zero-order valence-corrected chi connectivity index (χ0v) is 11.3. The van der Waals surface area contributed by atoms with Crippen LogP contribution in [0.2, 0.25) is 0 Å². The van der Waals surface area contributed by atoms with Crippen molar-refractivity contribution < 1.29 is 4.79 Å². The minimum atomic E-state index is -0.0664. The van der Waals surface area contributed by atoms with Gasteiger partial charge in [0.25, 0.3) is 0 Å². The quantitative estimate of drug-likeness (QED) is 0.866. The molecule has 0 saturated heterocycles. The Balaban J connectivity index is 2.64. The molecule has 1 rings (SSSR count). The Labute approximate surface area is 109 Å². The monoisotopic (exact) mass is 300 g/mol. The van der Waals surface area contributed by atoms with Crippen molar-refractivity contribution in [3.63, 3.8) is 0 Å². The van der Waals surface area contributed by atoms with Crippen LogP contribution >= 0.6 is 28.1 Å². The summed E-state index contributed by atoms with van der Waals surface area (Å²) in [6.07, 6.45) is 0.121. The topological polar surface area (TPSA) is 46.3 Å². The molecule has 1 aromatic rings. The highest BCUT2D eigenvalue weighted by atomic mass is 79.9. The molecule has 0 bridgehead atoms. The molecule has 0 spiro atoms. The summed E-state index contributed by atoms with van der Waals surface area (Å²) in [6, 6.07) is 7.78. The maximum atomic E-state index is 11.6. The number of halogens is 1. The molecule has 3 nitrogen and oxygen atoms in total. The van der Waals surface area contributed by atoms with Crippen molar-refractivity contribution in [3.05, 3.63) is 34.3 Å². The number of carbonyl (C=O) groups is 1. The fraction of sp³-hybridized carbons (Fsp3) is 0.273. The van der Waals surface area contributed by atoms with Gasteiger partial charge < -0.3 is 10.6 Å². The van der Waals surface area contributed by atoms with Gasteiger partial charge in [-0.2, -0.15) is 0 Å². The van der Waals surface area contributed by atoms with Crippen molar-refractivity contribution in [1.29, 1.82) is 0 Å². The van der Waals surface area contributed by atoms with Gasteiger partial charge in [-0.05, 0) is 11.6 Å². The third kappa shape index (κ3) is 3.90. The normalized spacial score (nSPS) is 9.88. The zero-order valence-electron chi connectivity index (χ0n) is 8.94. The molecule has 1 amide bonds. The average molecular weight is 301 g/mol. The van der Waals surface area contributed by atoms with Crippen molar-refractivity contribution in [3.8, 4) is 0 Å². The van der Waals surface area contributed by atoms with Gasteiger partial charge in [0.1, 0.15) is 0 Å². The van der Waals surface area contributed by atoms with Crippen LogP contribution in [0.25, 0.3) is 0 Å². The van der Waals surface area contributed by atoms with E-state index in [4.69, 9.17) is 18.0 Å². The summed E-state index contributed by atoms with van der Waals surface area (Å²) in [4.78, 5) is 13.4.